The van der Waals surface area contributed by atoms with Crippen molar-refractivity contribution in [2.45, 2.75) is 19.8 Å². The van der Waals surface area contributed by atoms with Crippen molar-refractivity contribution in [3.05, 3.63) is 72.0 Å². The molecular formula is C21H21NO3. The highest BCUT2D eigenvalue weighted by molar-refractivity contribution is 5.91. The Morgan fingerprint density at radius 2 is 1.88 bits per heavy atom. The van der Waals surface area contributed by atoms with Gasteiger partial charge in [-0.1, -0.05) is 35.9 Å². The van der Waals surface area contributed by atoms with E-state index >= 15 is 0 Å². The third kappa shape index (κ3) is 4.51. The molecule has 0 spiro atoms. The first-order valence-corrected chi connectivity index (χ1v) is 8.24. The molecule has 1 N–H and O–H groups in total. The molecule has 0 radical (unpaired) electrons. The highest BCUT2D eigenvalue weighted by atomic mass is 16.5. The van der Waals surface area contributed by atoms with Crippen LogP contribution in [-0.4, -0.2) is 13.0 Å². The third-order valence-electron chi connectivity index (χ3n) is 3.95. The van der Waals surface area contributed by atoms with Crippen molar-refractivity contribution in [3.63, 3.8) is 0 Å². The van der Waals surface area contributed by atoms with Crippen molar-refractivity contribution in [2.75, 3.05) is 12.4 Å². The van der Waals surface area contributed by atoms with Crippen LogP contribution in [0.25, 0.3) is 11.3 Å². The molecule has 1 amide bonds. The summed E-state index contributed by atoms with van der Waals surface area (Å²) in [5.41, 5.74) is 2.98. The van der Waals surface area contributed by atoms with Crippen molar-refractivity contribution in [2.24, 2.45) is 0 Å². The van der Waals surface area contributed by atoms with Crippen molar-refractivity contribution in [1.82, 2.24) is 0 Å². The van der Waals surface area contributed by atoms with Gasteiger partial charge >= 0.3 is 0 Å². The molecule has 3 aromatic rings. The topological polar surface area (TPSA) is 51.5 Å². The van der Waals surface area contributed by atoms with Crippen LogP contribution in [0.3, 0.4) is 0 Å². The number of aryl methyl sites for hydroxylation is 2. The molecular weight excluding hydrogens is 314 g/mol. The largest absolute Gasteiger partial charge is 0.497 e. The van der Waals surface area contributed by atoms with Gasteiger partial charge in [-0.3, -0.25) is 4.79 Å². The minimum Gasteiger partial charge on any atom is -0.497 e. The molecule has 0 unspecified atom stereocenters. The van der Waals surface area contributed by atoms with Crippen LogP contribution in [0.15, 0.2) is 65.1 Å². The summed E-state index contributed by atoms with van der Waals surface area (Å²) >= 11 is 0. The van der Waals surface area contributed by atoms with Gasteiger partial charge in [-0.2, -0.15) is 0 Å². The van der Waals surface area contributed by atoms with Crippen LogP contribution in [0.4, 0.5) is 5.69 Å². The van der Waals surface area contributed by atoms with Crippen LogP contribution in [0.2, 0.25) is 0 Å². The van der Waals surface area contributed by atoms with E-state index in [1.165, 1.54) is 5.56 Å². The van der Waals surface area contributed by atoms with E-state index in [9.17, 15) is 4.79 Å². The molecule has 2 aromatic carbocycles. The fraction of sp³-hybridized carbons (Fsp3) is 0.190. The van der Waals surface area contributed by atoms with Crippen LogP contribution >= 0.6 is 0 Å². The van der Waals surface area contributed by atoms with Gasteiger partial charge in [0, 0.05) is 30.2 Å². The zero-order valence-corrected chi connectivity index (χ0v) is 14.4. The predicted molar refractivity (Wildman–Crippen MR) is 98.8 cm³/mol. The summed E-state index contributed by atoms with van der Waals surface area (Å²) in [5.74, 6) is 2.28. The zero-order valence-electron chi connectivity index (χ0n) is 14.4. The van der Waals surface area contributed by atoms with Crippen LogP contribution in [0.1, 0.15) is 17.7 Å². The molecule has 128 valence electrons. The number of carbonyl (C=O) groups excluding carboxylic acids is 1. The van der Waals surface area contributed by atoms with Crippen molar-refractivity contribution < 1.29 is 13.9 Å². The van der Waals surface area contributed by atoms with E-state index in [-0.39, 0.29) is 5.91 Å². The van der Waals surface area contributed by atoms with Gasteiger partial charge in [0.05, 0.1) is 7.11 Å². The Labute approximate surface area is 147 Å². The molecule has 1 aromatic heterocycles. The van der Waals surface area contributed by atoms with Crippen molar-refractivity contribution in [1.29, 1.82) is 0 Å². The summed E-state index contributed by atoms with van der Waals surface area (Å²) in [5, 5.41) is 2.87. The summed E-state index contributed by atoms with van der Waals surface area (Å²) < 4.78 is 11.0. The Balaban J connectivity index is 1.56. The fourth-order valence-electron chi connectivity index (χ4n) is 2.55. The second kappa shape index (κ2) is 7.71. The third-order valence-corrected chi connectivity index (χ3v) is 3.95. The van der Waals surface area contributed by atoms with E-state index < -0.39 is 0 Å². The molecule has 4 heteroatoms. The summed E-state index contributed by atoms with van der Waals surface area (Å²) in [7, 11) is 1.60. The number of anilines is 1. The van der Waals surface area contributed by atoms with E-state index in [1.54, 1.807) is 13.2 Å². The van der Waals surface area contributed by atoms with Crippen LogP contribution in [-0.2, 0) is 11.2 Å². The molecule has 25 heavy (non-hydrogen) atoms. The first-order valence-electron chi connectivity index (χ1n) is 8.24. The standard InChI is InChI=1S/C21H21NO3/c1-15-6-8-16(9-7-15)20-12-10-18(25-20)11-13-21(23)22-17-4-3-5-19(14-17)24-2/h3-10,12,14H,11,13H2,1-2H3,(H,22,23). The SMILES string of the molecule is COc1cccc(NC(=O)CCc2ccc(-c3ccc(C)cc3)o2)c1. The minimum absolute atomic E-state index is 0.0541. The van der Waals surface area contributed by atoms with E-state index in [0.717, 1.165) is 22.8 Å². The average molecular weight is 335 g/mol. The molecule has 0 saturated carbocycles. The van der Waals surface area contributed by atoms with E-state index in [4.69, 9.17) is 9.15 Å². The number of benzene rings is 2. The van der Waals surface area contributed by atoms with Gasteiger partial charge in [-0.15, -0.1) is 0 Å². The maximum Gasteiger partial charge on any atom is 0.224 e. The molecule has 0 aliphatic rings. The molecule has 0 bridgehead atoms. The Kier molecular flexibility index (Phi) is 5.19. The Hall–Kier alpha value is -3.01. The van der Waals surface area contributed by atoms with Gasteiger partial charge in [-0.25, -0.2) is 0 Å². The van der Waals surface area contributed by atoms with Crippen molar-refractivity contribution >= 4 is 11.6 Å². The molecule has 4 nitrogen and oxygen atoms in total. The molecule has 0 aliphatic heterocycles. The second-order valence-electron chi connectivity index (χ2n) is 5.91. The Morgan fingerprint density at radius 1 is 1.08 bits per heavy atom. The number of furan rings is 1. The number of amides is 1. The molecule has 3 rings (SSSR count). The summed E-state index contributed by atoms with van der Waals surface area (Å²) in [6.07, 6.45) is 0.916. The maximum atomic E-state index is 12.1. The molecule has 0 saturated heterocycles. The number of hydrogen-bond donors (Lipinski definition) is 1. The first-order chi connectivity index (χ1) is 12.1. The van der Waals surface area contributed by atoms with Gasteiger partial charge in [-0.05, 0) is 31.2 Å². The number of hydrogen-bond acceptors (Lipinski definition) is 3. The highest BCUT2D eigenvalue weighted by Crippen LogP contribution is 2.23. The van der Waals surface area contributed by atoms with Crippen LogP contribution in [0.5, 0.6) is 5.75 Å². The van der Waals surface area contributed by atoms with Gasteiger partial charge < -0.3 is 14.5 Å². The molecule has 0 atom stereocenters. The fourth-order valence-corrected chi connectivity index (χ4v) is 2.55. The predicted octanol–water partition coefficient (Wildman–Crippen LogP) is 4.83. The molecule has 1 heterocycles. The second-order valence-corrected chi connectivity index (χ2v) is 5.91. The lowest BCUT2D eigenvalue weighted by Gasteiger charge is -2.06. The smallest absolute Gasteiger partial charge is 0.224 e. The van der Waals surface area contributed by atoms with Crippen molar-refractivity contribution in [3.8, 4) is 17.1 Å². The lowest BCUT2D eigenvalue weighted by atomic mass is 10.1. The zero-order chi connectivity index (χ0) is 17.6. The highest BCUT2D eigenvalue weighted by Gasteiger charge is 2.08. The summed E-state index contributed by atoms with van der Waals surface area (Å²) in [6, 6.07) is 19.4. The monoisotopic (exact) mass is 335 g/mol. The number of carbonyl (C=O) groups is 1. The number of nitrogens with one attached hydrogen (secondary N) is 1. The van der Waals surface area contributed by atoms with Gasteiger partial charge in [0.15, 0.2) is 0 Å². The normalized spacial score (nSPS) is 10.5. The maximum absolute atomic E-state index is 12.1. The van der Waals surface area contributed by atoms with Gasteiger partial charge in [0.2, 0.25) is 5.91 Å². The summed E-state index contributed by atoms with van der Waals surface area (Å²) in [4.78, 5) is 12.1. The summed E-state index contributed by atoms with van der Waals surface area (Å²) in [6.45, 7) is 2.05. The van der Waals surface area contributed by atoms with Gasteiger partial charge in [0.25, 0.3) is 0 Å². The lowest BCUT2D eigenvalue weighted by Crippen LogP contribution is -2.12. The van der Waals surface area contributed by atoms with Crippen LogP contribution in [0, 0.1) is 6.92 Å². The number of ether oxygens (including phenoxy) is 1. The molecule has 0 fully saturated rings. The lowest BCUT2D eigenvalue weighted by molar-refractivity contribution is -0.116. The first kappa shape index (κ1) is 16.8. The quantitative estimate of drug-likeness (QED) is 0.701. The molecule has 0 aliphatic carbocycles. The average Bonchev–Trinajstić information content (AvgIpc) is 3.10. The minimum atomic E-state index is -0.0541. The number of rotatable bonds is 6. The Morgan fingerprint density at radius 3 is 2.64 bits per heavy atom. The van der Waals surface area contributed by atoms with E-state index in [2.05, 4.69) is 24.4 Å². The Bertz CT molecular complexity index is 850. The van der Waals surface area contributed by atoms with Gasteiger partial charge in [0.1, 0.15) is 17.3 Å². The van der Waals surface area contributed by atoms with E-state index in [0.29, 0.717) is 18.6 Å². The van der Waals surface area contributed by atoms with E-state index in [1.807, 2.05) is 42.5 Å². The number of methoxy groups -OCH3 is 1. The van der Waals surface area contributed by atoms with Crippen LogP contribution < -0.4 is 10.1 Å².